The lowest BCUT2D eigenvalue weighted by Gasteiger charge is -2.11. The molecule has 2 N–H and O–H groups in total. The van der Waals surface area contributed by atoms with Crippen LogP contribution in [0.5, 0.6) is 0 Å². The van der Waals surface area contributed by atoms with Crippen LogP contribution in [0.15, 0.2) is 27.8 Å². The molecule has 6 nitrogen and oxygen atoms in total. The lowest BCUT2D eigenvalue weighted by molar-refractivity contribution is 0.112. The Balaban J connectivity index is 1.59. The van der Waals surface area contributed by atoms with Gasteiger partial charge in [0.05, 0.1) is 6.10 Å². The molecule has 2 aromatic rings. The summed E-state index contributed by atoms with van der Waals surface area (Å²) in [5.41, 5.74) is 2.15. The van der Waals surface area contributed by atoms with Crippen LogP contribution >= 0.6 is 11.8 Å². The molecule has 3 rings (SSSR count). The molecule has 2 amide bonds. The predicted molar refractivity (Wildman–Crippen MR) is 86.4 cm³/mol. The molecule has 0 unspecified atom stereocenters. The number of aromatic nitrogens is 1. The summed E-state index contributed by atoms with van der Waals surface area (Å²) in [6.07, 6.45) is 2.20. The van der Waals surface area contributed by atoms with E-state index in [9.17, 15) is 4.79 Å². The van der Waals surface area contributed by atoms with Crippen molar-refractivity contribution < 1.29 is 13.9 Å². The van der Waals surface area contributed by atoms with Crippen LogP contribution in [0.25, 0.3) is 11.1 Å². The second-order valence-corrected chi connectivity index (χ2v) is 6.28. The fourth-order valence-corrected chi connectivity index (χ4v) is 2.91. The van der Waals surface area contributed by atoms with Gasteiger partial charge in [0.1, 0.15) is 5.52 Å². The van der Waals surface area contributed by atoms with E-state index in [-0.39, 0.29) is 12.1 Å². The van der Waals surface area contributed by atoms with Gasteiger partial charge in [0, 0.05) is 24.9 Å². The number of urea groups is 1. The van der Waals surface area contributed by atoms with Gasteiger partial charge < -0.3 is 19.8 Å². The lowest BCUT2D eigenvalue weighted by atomic mass is 10.2. The van der Waals surface area contributed by atoms with Crippen molar-refractivity contribution >= 4 is 34.6 Å². The molecule has 22 heavy (non-hydrogen) atoms. The van der Waals surface area contributed by atoms with Gasteiger partial charge in [0.15, 0.2) is 5.58 Å². The molecule has 1 saturated heterocycles. The van der Waals surface area contributed by atoms with Crippen molar-refractivity contribution in [3.05, 3.63) is 18.2 Å². The number of nitrogens with zero attached hydrogens (tertiary/aromatic N) is 1. The molecule has 2 heterocycles. The Kier molecular flexibility index (Phi) is 4.84. The number of carbonyl (C=O) groups is 1. The molecule has 1 atom stereocenters. The lowest BCUT2D eigenvalue weighted by Crippen LogP contribution is -2.34. The second kappa shape index (κ2) is 7.02. The third-order valence-electron chi connectivity index (χ3n) is 3.41. The smallest absolute Gasteiger partial charge is 0.319 e. The average molecular weight is 321 g/mol. The van der Waals surface area contributed by atoms with Crippen LogP contribution in [0.1, 0.15) is 19.8 Å². The molecule has 1 aromatic heterocycles. The highest BCUT2D eigenvalue weighted by molar-refractivity contribution is 7.99. The van der Waals surface area contributed by atoms with Crippen LogP contribution in [-0.2, 0) is 4.74 Å². The average Bonchev–Trinajstić information content (AvgIpc) is 3.13. The van der Waals surface area contributed by atoms with Crippen LogP contribution in [0.3, 0.4) is 0 Å². The molecule has 7 heteroatoms. The summed E-state index contributed by atoms with van der Waals surface area (Å²) in [4.78, 5) is 16.2. The molecule has 1 aliphatic rings. The molecule has 118 valence electrons. The highest BCUT2D eigenvalue weighted by atomic mass is 32.2. The van der Waals surface area contributed by atoms with Crippen molar-refractivity contribution in [2.45, 2.75) is 31.1 Å². The molecule has 0 aliphatic carbocycles. The molecule has 0 saturated carbocycles. The topological polar surface area (TPSA) is 76.4 Å². The van der Waals surface area contributed by atoms with Crippen molar-refractivity contribution in [2.75, 3.05) is 24.2 Å². The quantitative estimate of drug-likeness (QED) is 0.827. The number of carbonyl (C=O) groups excluding carboxylic acids is 1. The Morgan fingerprint density at radius 1 is 1.50 bits per heavy atom. The minimum absolute atomic E-state index is 0.135. The van der Waals surface area contributed by atoms with Crippen molar-refractivity contribution in [1.29, 1.82) is 0 Å². The first-order valence-corrected chi connectivity index (χ1v) is 8.43. The van der Waals surface area contributed by atoms with Crippen molar-refractivity contribution in [3.8, 4) is 0 Å². The van der Waals surface area contributed by atoms with Crippen molar-refractivity contribution in [1.82, 2.24) is 10.3 Å². The first-order valence-electron chi connectivity index (χ1n) is 7.44. The number of rotatable bonds is 5. The SMILES string of the molecule is CCSc1nc2ccc(NC(=O)NC[C@H]3CCCO3)cc2o1. The number of hydrogen-bond acceptors (Lipinski definition) is 5. The predicted octanol–water partition coefficient (Wildman–Crippen LogP) is 3.24. The summed E-state index contributed by atoms with van der Waals surface area (Å²) in [5, 5.41) is 6.27. The zero-order valence-corrected chi connectivity index (χ0v) is 13.2. The molecule has 1 aliphatic heterocycles. The summed E-state index contributed by atoms with van der Waals surface area (Å²) in [6.45, 7) is 3.37. The second-order valence-electron chi connectivity index (χ2n) is 5.07. The number of hydrogen-bond donors (Lipinski definition) is 2. The number of ether oxygens (including phenoxy) is 1. The van der Waals surface area contributed by atoms with Gasteiger partial charge in [-0.15, -0.1) is 0 Å². The molecule has 0 radical (unpaired) electrons. The Labute approximate surface area is 133 Å². The van der Waals surface area contributed by atoms with E-state index in [1.54, 1.807) is 17.8 Å². The van der Waals surface area contributed by atoms with Gasteiger partial charge in [-0.1, -0.05) is 18.7 Å². The van der Waals surface area contributed by atoms with Gasteiger partial charge in [-0.05, 0) is 30.7 Å². The van der Waals surface area contributed by atoms with Crippen LogP contribution in [0.2, 0.25) is 0 Å². The minimum Gasteiger partial charge on any atom is -0.431 e. The largest absolute Gasteiger partial charge is 0.431 e. The molecular formula is C15H19N3O3S. The van der Waals surface area contributed by atoms with Gasteiger partial charge in [-0.25, -0.2) is 9.78 Å². The zero-order valence-electron chi connectivity index (χ0n) is 12.4. The summed E-state index contributed by atoms with van der Waals surface area (Å²) < 4.78 is 11.1. The number of amides is 2. The van der Waals surface area contributed by atoms with E-state index in [4.69, 9.17) is 9.15 Å². The first kappa shape index (κ1) is 15.2. The summed E-state index contributed by atoms with van der Waals surface area (Å²) >= 11 is 1.55. The molecule has 1 aromatic carbocycles. The summed E-state index contributed by atoms with van der Waals surface area (Å²) in [7, 11) is 0. The van der Waals surface area contributed by atoms with E-state index in [1.807, 2.05) is 19.1 Å². The van der Waals surface area contributed by atoms with E-state index < -0.39 is 0 Å². The maximum Gasteiger partial charge on any atom is 0.319 e. The van der Waals surface area contributed by atoms with Crippen LogP contribution < -0.4 is 10.6 Å². The van der Waals surface area contributed by atoms with E-state index in [0.29, 0.717) is 23.0 Å². The van der Waals surface area contributed by atoms with Gasteiger partial charge in [-0.2, -0.15) is 0 Å². The number of fused-ring (bicyclic) bond motifs is 1. The van der Waals surface area contributed by atoms with E-state index in [2.05, 4.69) is 15.6 Å². The number of anilines is 1. The third kappa shape index (κ3) is 3.72. The van der Waals surface area contributed by atoms with Gasteiger partial charge in [0.2, 0.25) is 0 Å². The van der Waals surface area contributed by atoms with Crippen LogP contribution in [0.4, 0.5) is 10.5 Å². The van der Waals surface area contributed by atoms with Gasteiger partial charge in [0.25, 0.3) is 5.22 Å². The monoisotopic (exact) mass is 321 g/mol. The van der Waals surface area contributed by atoms with Crippen molar-refractivity contribution in [3.63, 3.8) is 0 Å². The first-order chi connectivity index (χ1) is 10.7. The number of nitrogens with one attached hydrogen (secondary N) is 2. The van der Waals surface area contributed by atoms with E-state index in [0.717, 1.165) is 30.7 Å². The van der Waals surface area contributed by atoms with E-state index in [1.165, 1.54) is 0 Å². The van der Waals surface area contributed by atoms with Crippen molar-refractivity contribution in [2.24, 2.45) is 0 Å². The van der Waals surface area contributed by atoms with Crippen LogP contribution in [0, 0.1) is 0 Å². The minimum atomic E-state index is -0.238. The third-order valence-corrected chi connectivity index (χ3v) is 4.12. The Morgan fingerprint density at radius 3 is 3.18 bits per heavy atom. The maximum absolute atomic E-state index is 11.9. The normalized spacial score (nSPS) is 17.8. The highest BCUT2D eigenvalue weighted by Gasteiger charge is 2.16. The Morgan fingerprint density at radius 2 is 2.41 bits per heavy atom. The summed E-state index contributed by atoms with van der Waals surface area (Å²) in [6, 6.07) is 5.20. The number of thioether (sulfide) groups is 1. The molecular weight excluding hydrogens is 302 g/mol. The number of oxazole rings is 1. The number of benzene rings is 1. The zero-order chi connectivity index (χ0) is 15.4. The van der Waals surface area contributed by atoms with Gasteiger partial charge in [-0.3, -0.25) is 0 Å². The standard InChI is InChI=1S/C15H19N3O3S/c1-2-22-15-18-12-6-5-10(8-13(12)21-15)17-14(19)16-9-11-4-3-7-20-11/h5-6,8,11H,2-4,7,9H2,1H3,(H2,16,17,19)/t11-/m1/s1. The van der Waals surface area contributed by atoms with Gasteiger partial charge >= 0.3 is 6.03 Å². The highest BCUT2D eigenvalue weighted by Crippen LogP contribution is 2.25. The summed E-state index contributed by atoms with van der Waals surface area (Å²) in [5.74, 6) is 0.906. The molecule has 1 fully saturated rings. The Bertz CT molecular complexity index is 653. The fraction of sp³-hybridized carbons (Fsp3) is 0.467. The molecule has 0 bridgehead atoms. The maximum atomic E-state index is 11.9. The van der Waals surface area contributed by atoms with E-state index >= 15 is 0 Å². The fourth-order valence-electron chi connectivity index (χ4n) is 2.35. The molecule has 0 spiro atoms. The van der Waals surface area contributed by atoms with Crippen LogP contribution in [-0.4, -0.2) is 36.0 Å². The Hall–Kier alpha value is -1.73.